The third-order valence-electron chi connectivity index (χ3n) is 3.90. The summed E-state index contributed by atoms with van der Waals surface area (Å²) >= 11 is 0. The van der Waals surface area contributed by atoms with E-state index in [1.54, 1.807) is 0 Å². The number of sulfonamides is 1. The van der Waals surface area contributed by atoms with Crippen LogP contribution in [0.3, 0.4) is 0 Å². The summed E-state index contributed by atoms with van der Waals surface area (Å²) in [6, 6.07) is 12.5. The van der Waals surface area contributed by atoms with Gasteiger partial charge in [0.05, 0.1) is 9.82 Å². The van der Waals surface area contributed by atoms with Crippen molar-refractivity contribution in [2.24, 2.45) is 0 Å². The Morgan fingerprint density at radius 2 is 1.60 bits per heavy atom. The highest BCUT2D eigenvalue weighted by molar-refractivity contribution is 7.92. The normalized spacial score (nSPS) is 11.0. The molecule has 3 aromatic rings. The lowest BCUT2D eigenvalue weighted by molar-refractivity contribution is -0.387. The molecule has 3 rings (SSSR count). The highest BCUT2D eigenvalue weighted by Crippen LogP contribution is 2.23. The summed E-state index contributed by atoms with van der Waals surface area (Å²) < 4.78 is 53.7. The average molecular weight is 433 g/mol. The number of halogens is 2. The molecule has 1 amide bonds. The van der Waals surface area contributed by atoms with Crippen molar-refractivity contribution in [3.63, 3.8) is 0 Å². The second-order valence-corrected chi connectivity index (χ2v) is 7.70. The number of rotatable bonds is 6. The van der Waals surface area contributed by atoms with Gasteiger partial charge in [0.1, 0.15) is 5.82 Å². The van der Waals surface area contributed by atoms with Crippen LogP contribution in [0.15, 0.2) is 71.6 Å². The molecule has 8 nitrogen and oxygen atoms in total. The van der Waals surface area contributed by atoms with Crippen LogP contribution in [-0.4, -0.2) is 19.2 Å². The number of hydrogen-bond donors (Lipinski definition) is 2. The van der Waals surface area contributed by atoms with E-state index in [2.05, 4.69) is 10.0 Å². The number of amides is 1. The van der Waals surface area contributed by atoms with Gasteiger partial charge >= 0.3 is 5.69 Å². The molecule has 0 aromatic heterocycles. The van der Waals surface area contributed by atoms with Crippen molar-refractivity contribution < 1.29 is 26.9 Å². The average Bonchev–Trinajstić information content (AvgIpc) is 2.71. The summed E-state index contributed by atoms with van der Waals surface area (Å²) in [7, 11) is -4.07. The summed E-state index contributed by atoms with van der Waals surface area (Å²) in [6.45, 7) is 0. The van der Waals surface area contributed by atoms with Gasteiger partial charge in [0.15, 0.2) is 0 Å². The van der Waals surface area contributed by atoms with Gasteiger partial charge in [-0.05, 0) is 54.6 Å². The van der Waals surface area contributed by atoms with Crippen molar-refractivity contribution in [2.75, 3.05) is 10.0 Å². The SMILES string of the molecule is O=C(Nc1ccc(F)c([N+](=O)[O-])c1)c1cccc(S(=O)(=O)Nc2ccc(F)cc2)c1. The Kier molecular flexibility index (Phi) is 5.74. The molecule has 0 heterocycles. The van der Waals surface area contributed by atoms with E-state index in [0.717, 1.165) is 36.4 Å². The monoisotopic (exact) mass is 433 g/mol. The second-order valence-electron chi connectivity index (χ2n) is 6.02. The van der Waals surface area contributed by atoms with Crippen LogP contribution in [0.4, 0.5) is 25.8 Å². The fourth-order valence-electron chi connectivity index (χ4n) is 2.47. The topological polar surface area (TPSA) is 118 Å². The lowest BCUT2D eigenvalue weighted by atomic mass is 10.2. The first-order valence-electron chi connectivity index (χ1n) is 8.29. The second kappa shape index (κ2) is 8.25. The quantitative estimate of drug-likeness (QED) is 0.451. The Morgan fingerprint density at radius 3 is 2.27 bits per heavy atom. The first kappa shape index (κ1) is 20.9. The van der Waals surface area contributed by atoms with Gasteiger partial charge in [0, 0.05) is 23.0 Å². The predicted molar refractivity (Wildman–Crippen MR) is 105 cm³/mol. The molecule has 0 bridgehead atoms. The molecule has 2 N–H and O–H groups in total. The highest BCUT2D eigenvalue weighted by atomic mass is 32.2. The van der Waals surface area contributed by atoms with Crippen LogP contribution in [0.1, 0.15) is 10.4 Å². The lowest BCUT2D eigenvalue weighted by Gasteiger charge is -2.10. The van der Waals surface area contributed by atoms with Gasteiger partial charge in [-0.3, -0.25) is 19.6 Å². The molecule has 0 saturated carbocycles. The molecular weight excluding hydrogens is 420 g/mol. The van der Waals surface area contributed by atoms with E-state index in [1.807, 2.05) is 0 Å². The van der Waals surface area contributed by atoms with E-state index in [4.69, 9.17) is 0 Å². The zero-order valence-corrected chi connectivity index (χ0v) is 15.8. The number of hydrogen-bond acceptors (Lipinski definition) is 5. The van der Waals surface area contributed by atoms with Crippen molar-refractivity contribution in [1.29, 1.82) is 0 Å². The molecule has 0 aliphatic heterocycles. The van der Waals surface area contributed by atoms with Crippen LogP contribution < -0.4 is 10.0 Å². The van der Waals surface area contributed by atoms with E-state index in [9.17, 15) is 32.1 Å². The summed E-state index contributed by atoms with van der Waals surface area (Å²) in [5.41, 5.74) is -0.771. The minimum absolute atomic E-state index is 0.0363. The van der Waals surface area contributed by atoms with Crippen LogP contribution in [-0.2, 0) is 10.0 Å². The smallest absolute Gasteiger partial charge is 0.306 e. The molecule has 0 unspecified atom stereocenters. The van der Waals surface area contributed by atoms with Gasteiger partial charge in [-0.2, -0.15) is 4.39 Å². The van der Waals surface area contributed by atoms with Crippen LogP contribution in [0.5, 0.6) is 0 Å². The van der Waals surface area contributed by atoms with Crippen LogP contribution in [0.2, 0.25) is 0 Å². The molecule has 0 spiro atoms. The molecular formula is C19H13F2N3O5S. The van der Waals surface area contributed by atoms with E-state index >= 15 is 0 Å². The Labute approximate surface area is 169 Å². The summed E-state index contributed by atoms with van der Waals surface area (Å²) in [5.74, 6) is -2.34. The maximum absolute atomic E-state index is 13.4. The van der Waals surface area contributed by atoms with E-state index in [1.165, 1.54) is 30.3 Å². The number of nitro benzene ring substituents is 1. The minimum atomic E-state index is -4.07. The van der Waals surface area contributed by atoms with Crippen molar-refractivity contribution in [1.82, 2.24) is 0 Å². The van der Waals surface area contributed by atoms with Crippen molar-refractivity contribution in [2.45, 2.75) is 4.90 Å². The maximum atomic E-state index is 13.4. The minimum Gasteiger partial charge on any atom is -0.322 e. The van der Waals surface area contributed by atoms with Gasteiger partial charge in [-0.15, -0.1) is 0 Å². The van der Waals surface area contributed by atoms with E-state index < -0.39 is 38.2 Å². The summed E-state index contributed by atoms with van der Waals surface area (Å²) in [5, 5.41) is 13.2. The molecule has 0 fully saturated rings. The number of nitrogens with zero attached hydrogens (tertiary/aromatic N) is 1. The van der Waals surface area contributed by atoms with Gasteiger partial charge in [0.2, 0.25) is 5.82 Å². The fourth-order valence-corrected chi connectivity index (χ4v) is 3.57. The Hall–Kier alpha value is -3.86. The fraction of sp³-hybridized carbons (Fsp3) is 0. The molecule has 0 radical (unpaired) electrons. The zero-order chi connectivity index (χ0) is 21.9. The van der Waals surface area contributed by atoms with E-state index in [-0.39, 0.29) is 21.8 Å². The Morgan fingerprint density at radius 1 is 0.933 bits per heavy atom. The molecule has 0 atom stereocenters. The van der Waals surface area contributed by atoms with Crippen molar-refractivity contribution >= 4 is 33.0 Å². The number of benzene rings is 3. The van der Waals surface area contributed by atoms with Crippen LogP contribution in [0, 0.1) is 21.7 Å². The molecule has 3 aromatic carbocycles. The zero-order valence-electron chi connectivity index (χ0n) is 15.0. The molecule has 0 aliphatic rings. The van der Waals surface area contributed by atoms with Crippen LogP contribution in [0.25, 0.3) is 0 Å². The first-order chi connectivity index (χ1) is 14.2. The summed E-state index contributed by atoms with van der Waals surface area (Å²) in [6.07, 6.45) is 0. The maximum Gasteiger partial charge on any atom is 0.306 e. The standard InChI is InChI=1S/C19H13F2N3O5S/c20-13-4-6-14(7-5-13)23-30(28,29)16-3-1-2-12(10-16)19(25)22-15-8-9-17(21)18(11-15)24(26)27/h1-11,23H,(H,22,25). The first-order valence-corrected chi connectivity index (χ1v) is 9.78. The predicted octanol–water partition coefficient (Wildman–Crippen LogP) is 3.93. The van der Waals surface area contributed by atoms with Gasteiger partial charge in [-0.1, -0.05) is 6.07 Å². The third-order valence-corrected chi connectivity index (χ3v) is 5.28. The molecule has 0 saturated heterocycles. The Balaban J connectivity index is 1.82. The van der Waals surface area contributed by atoms with Gasteiger partial charge in [-0.25, -0.2) is 12.8 Å². The van der Waals surface area contributed by atoms with Gasteiger partial charge in [0.25, 0.3) is 15.9 Å². The number of anilines is 2. The number of carbonyl (C=O) groups excluding carboxylic acids is 1. The van der Waals surface area contributed by atoms with Gasteiger partial charge < -0.3 is 5.32 Å². The summed E-state index contributed by atoms with van der Waals surface area (Å²) in [4.78, 5) is 22.1. The van der Waals surface area contributed by atoms with Crippen LogP contribution >= 0.6 is 0 Å². The van der Waals surface area contributed by atoms with Crippen molar-refractivity contribution in [3.05, 3.63) is 94.0 Å². The molecule has 11 heteroatoms. The number of carbonyl (C=O) groups is 1. The number of nitro groups is 1. The lowest BCUT2D eigenvalue weighted by Crippen LogP contribution is -2.16. The van der Waals surface area contributed by atoms with Crippen molar-refractivity contribution in [3.8, 4) is 0 Å². The molecule has 0 aliphatic carbocycles. The third kappa shape index (κ3) is 4.75. The Bertz CT molecular complexity index is 1230. The molecule has 30 heavy (non-hydrogen) atoms. The number of nitrogens with one attached hydrogen (secondary N) is 2. The van der Waals surface area contributed by atoms with E-state index in [0.29, 0.717) is 0 Å². The highest BCUT2D eigenvalue weighted by Gasteiger charge is 2.18. The largest absolute Gasteiger partial charge is 0.322 e. The molecule has 154 valence electrons.